The van der Waals surface area contributed by atoms with Crippen molar-refractivity contribution in [2.45, 2.75) is 145 Å². The molecular weight excluding hydrogens is 700 g/mol. The van der Waals surface area contributed by atoms with Crippen molar-refractivity contribution < 1.29 is 78.8 Å². The van der Waals surface area contributed by atoms with Crippen molar-refractivity contribution in [2.75, 3.05) is 6.61 Å². The summed E-state index contributed by atoms with van der Waals surface area (Å²) < 4.78 is 40.8. The summed E-state index contributed by atoms with van der Waals surface area (Å²) in [6.07, 6.45) is -15.1. The molecule has 16 nitrogen and oxygen atoms in total. The fourth-order valence-corrected chi connectivity index (χ4v) is 6.11. The third kappa shape index (κ3) is 10.9. The highest BCUT2D eigenvalue weighted by Gasteiger charge is 2.52. The van der Waals surface area contributed by atoms with Crippen LogP contribution in [0.1, 0.15) is 53.0 Å². The Morgan fingerprint density at radius 2 is 1.43 bits per heavy atom. The SMILES string of the molecule is C=C[C@](C)(CCC=C(C)C)O[C@@H]1O[C@H](CO[C@@H]2O[C@@H](C)[C@H](OC(=O)/C=C/c3ccc(O)cc3)[C@@H](O[C@@H]3O[C@@H](C)[C@H](O)[C@@H](O)[C@H]3O)[C@H]2O)[C@@H](O)[C@H](O)[C@H]1O. The van der Waals surface area contributed by atoms with E-state index >= 15 is 0 Å². The summed E-state index contributed by atoms with van der Waals surface area (Å²) >= 11 is 0. The minimum Gasteiger partial charge on any atom is -0.508 e. The normalized spacial score (nSPS) is 38.9. The van der Waals surface area contributed by atoms with E-state index in [-0.39, 0.29) is 5.75 Å². The molecule has 3 aliphatic heterocycles. The summed E-state index contributed by atoms with van der Waals surface area (Å²) in [7, 11) is 0. The second kappa shape index (κ2) is 18.7. The van der Waals surface area contributed by atoms with E-state index in [2.05, 4.69) is 6.58 Å². The van der Waals surface area contributed by atoms with Crippen LogP contribution in [0.15, 0.2) is 54.6 Å². The van der Waals surface area contributed by atoms with Crippen molar-refractivity contribution in [1.29, 1.82) is 0 Å². The molecule has 4 rings (SSSR count). The monoisotopic (exact) mass is 754 g/mol. The first kappa shape index (κ1) is 42.9. The molecule has 3 aliphatic rings. The molecule has 0 radical (unpaired) electrons. The zero-order valence-electron chi connectivity index (χ0n) is 30.5. The van der Waals surface area contributed by atoms with Crippen LogP contribution in [0.25, 0.3) is 6.08 Å². The van der Waals surface area contributed by atoms with Crippen LogP contribution in [0.5, 0.6) is 5.75 Å². The van der Waals surface area contributed by atoms with Crippen LogP contribution in [-0.2, 0) is 38.0 Å². The van der Waals surface area contributed by atoms with Gasteiger partial charge in [0.05, 0.1) is 24.4 Å². The topological polar surface area (TPSA) is 244 Å². The Morgan fingerprint density at radius 1 is 0.811 bits per heavy atom. The highest BCUT2D eigenvalue weighted by Crippen LogP contribution is 2.33. The van der Waals surface area contributed by atoms with E-state index < -0.39 is 110 Å². The number of phenols is 1. The van der Waals surface area contributed by atoms with Gasteiger partial charge >= 0.3 is 5.97 Å². The van der Waals surface area contributed by atoms with E-state index in [0.717, 1.165) is 11.6 Å². The molecule has 0 amide bonds. The molecule has 1 aromatic carbocycles. The number of allylic oxidation sites excluding steroid dienone is 2. The Hall–Kier alpha value is -2.81. The van der Waals surface area contributed by atoms with Gasteiger partial charge in [-0.3, -0.25) is 0 Å². The molecule has 0 aliphatic carbocycles. The number of ether oxygens (including phenoxy) is 7. The van der Waals surface area contributed by atoms with Crippen molar-refractivity contribution in [3.05, 3.63) is 60.2 Å². The minimum absolute atomic E-state index is 0.0376. The van der Waals surface area contributed by atoms with E-state index in [1.165, 1.54) is 32.1 Å². The highest BCUT2D eigenvalue weighted by molar-refractivity contribution is 5.87. The van der Waals surface area contributed by atoms with Crippen molar-refractivity contribution in [1.82, 2.24) is 0 Å². The number of carbonyl (C=O) groups is 1. The van der Waals surface area contributed by atoms with E-state index in [4.69, 9.17) is 33.2 Å². The van der Waals surface area contributed by atoms with Crippen molar-refractivity contribution >= 4 is 12.0 Å². The summed E-state index contributed by atoms with van der Waals surface area (Å²) in [6, 6.07) is 6.00. The molecule has 3 saturated heterocycles. The first-order valence-corrected chi connectivity index (χ1v) is 17.6. The summed E-state index contributed by atoms with van der Waals surface area (Å²) in [5, 5.41) is 84.5. The number of aliphatic hydroxyl groups is 7. The minimum atomic E-state index is -1.77. The van der Waals surface area contributed by atoms with Gasteiger partial charge in [0, 0.05) is 6.08 Å². The number of rotatable bonds is 14. The van der Waals surface area contributed by atoms with Crippen LogP contribution in [-0.4, -0.2) is 151 Å². The quantitative estimate of drug-likeness (QED) is 0.0717. The lowest BCUT2D eigenvalue weighted by Gasteiger charge is -2.47. The van der Waals surface area contributed by atoms with Crippen molar-refractivity contribution in [2.24, 2.45) is 0 Å². The van der Waals surface area contributed by atoms with Crippen LogP contribution in [0.3, 0.4) is 0 Å². The highest BCUT2D eigenvalue weighted by atomic mass is 16.8. The molecule has 16 heteroatoms. The van der Waals surface area contributed by atoms with Crippen LogP contribution in [0, 0.1) is 0 Å². The molecular formula is C37H54O16. The molecule has 0 saturated carbocycles. The zero-order chi connectivity index (χ0) is 39.2. The number of esters is 1. The van der Waals surface area contributed by atoms with E-state index in [1.54, 1.807) is 25.1 Å². The van der Waals surface area contributed by atoms with Gasteiger partial charge in [-0.2, -0.15) is 0 Å². The Balaban J connectivity index is 1.50. The van der Waals surface area contributed by atoms with Gasteiger partial charge < -0.3 is 74.0 Å². The van der Waals surface area contributed by atoms with Crippen molar-refractivity contribution in [3.8, 4) is 5.75 Å². The molecule has 0 spiro atoms. The maximum atomic E-state index is 13.0. The molecule has 1 aromatic rings. The van der Waals surface area contributed by atoms with Crippen LogP contribution in [0.4, 0.5) is 0 Å². The summed E-state index contributed by atoms with van der Waals surface area (Å²) in [6.45, 7) is 11.9. The van der Waals surface area contributed by atoms with Gasteiger partial charge in [0.2, 0.25) is 0 Å². The average molecular weight is 755 g/mol. The number of hydrogen-bond donors (Lipinski definition) is 8. The third-order valence-corrected chi connectivity index (χ3v) is 9.51. The molecule has 0 bridgehead atoms. The maximum Gasteiger partial charge on any atom is 0.331 e. The lowest BCUT2D eigenvalue weighted by molar-refractivity contribution is -0.362. The predicted molar refractivity (Wildman–Crippen MR) is 186 cm³/mol. The lowest BCUT2D eigenvalue weighted by atomic mass is 9.96. The van der Waals surface area contributed by atoms with Gasteiger partial charge in [0.1, 0.15) is 60.7 Å². The number of aliphatic hydroxyl groups excluding tert-OH is 7. The molecule has 0 aromatic heterocycles. The van der Waals surface area contributed by atoms with E-state index in [1.807, 2.05) is 19.9 Å². The molecule has 0 unspecified atom stereocenters. The Kier molecular flexibility index (Phi) is 15.1. The number of phenolic OH excluding ortho intramolecular Hbond substituents is 1. The zero-order valence-corrected chi connectivity index (χ0v) is 30.5. The second-order valence-corrected chi connectivity index (χ2v) is 14.1. The lowest BCUT2D eigenvalue weighted by Crippen LogP contribution is -2.64. The van der Waals surface area contributed by atoms with E-state index in [0.29, 0.717) is 18.4 Å². The van der Waals surface area contributed by atoms with Crippen molar-refractivity contribution in [3.63, 3.8) is 0 Å². The number of aromatic hydroxyl groups is 1. The van der Waals surface area contributed by atoms with Gasteiger partial charge in [0.25, 0.3) is 0 Å². The molecule has 16 atom stereocenters. The summed E-state index contributed by atoms with van der Waals surface area (Å²) in [4.78, 5) is 13.0. The predicted octanol–water partition coefficient (Wildman–Crippen LogP) is 0.168. The smallest absolute Gasteiger partial charge is 0.331 e. The fraction of sp³-hybridized carbons (Fsp3) is 0.649. The van der Waals surface area contributed by atoms with Crippen LogP contribution in [0.2, 0.25) is 0 Å². The number of benzene rings is 1. The molecule has 53 heavy (non-hydrogen) atoms. The third-order valence-electron chi connectivity index (χ3n) is 9.51. The van der Waals surface area contributed by atoms with Gasteiger partial charge in [-0.25, -0.2) is 4.79 Å². The van der Waals surface area contributed by atoms with Gasteiger partial charge in [-0.1, -0.05) is 29.9 Å². The molecule has 3 heterocycles. The standard InChI is InChI=1S/C37H54O16/c1-7-37(6,16-8-9-18(2)3)53-36-30(45)28(43)26(41)23(50-36)17-47-34-31(46)33(52-35-29(44)27(42)25(40)19(4)48-35)32(20(5)49-34)51-24(39)15-12-21-10-13-22(38)14-11-21/h7,9-15,19-20,23,25-36,38,40-46H,1,8,16-17H2,2-6H3/b15-12+/t19-,20-,23+,25-,26+,27+,28-,29+,30+,31+,32-,33-,34+,35-,36-,37+/m0/s1. The summed E-state index contributed by atoms with van der Waals surface area (Å²) in [5.74, 6) is -0.826. The molecule has 3 fully saturated rings. The molecule has 8 N–H and O–H groups in total. The van der Waals surface area contributed by atoms with Gasteiger partial charge in [-0.15, -0.1) is 6.58 Å². The second-order valence-electron chi connectivity index (χ2n) is 14.1. The Morgan fingerprint density at radius 3 is 2.08 bits per heavy atom. The largest absolute Gasteiger partial charge is 0.508 e. The van der Waals surface area contributed by atoms with Crippen LogP contribution < -0.4 is 0 Å². The first-order chi connectivity index (χ1) is 24.9. The Labute approximate surface area is 308 Å². The van der Waals surface area contributed by atoms with Crippen LogP contribution >= 0.6 is 0 Å². The average Bonchev–Trinajstić information content (AvgIpc) is 3.12. The number of carbonyl (C=O) groups excluding carboxylic acids is 1. The molecule has 298 valence electrons. The fourth-order valence-electron chi connectivity index (χ4n) is 6.11. The first-order valence-electron chi connectivity index (χ1n) is 17.6. The van der Waals surface area contributed by atoms with Gasteiger partial charge in [0.15, 0.2) is 25.0 Å². The maximum absolute atomic E-state index is 13.0. The van der Waals surface area contributed by atoms with E-state index in [9.17, 15) is 45.6 Å². The Bertz CT molecular complexity index is 1400. The number of hydrogen-bond acceptors (Lipinski definition) is 16. The summed E-state index contributed by atoms with van der Waals surface area (Å²) in [5.41, 5.74) is 0.701. The van der Waals surface area contributed by atoms with Gasteiger partial charge in [-0.05, 0) is 71.2 Å².